The minimum atomic E-state index is -0.331. The molecule has 2 fully saturated rings. The van der Waals surface area contributed by atoms with Crippen LogP contribution in [0.2, 0.25) is 0 Å². The van der Waals surface area contributed by atoms with Crippen molar-refractivity contribution in [3.8, 4) is 0 Å². The number of piperidine rings is 1. The summed E-state index contributed by atoms with van der Waals surface area (Å²) in [5.74, 6) is -0.331. The first-order valence-corrected chi connectivity index (χ1v) is 7.83. The van der Waals surface area contributed by atoms with Crippen LogP contribution in [0.3, 0.4) is 0 Å². The second kappa shape index (κ2) is 6.12. The van der Waals surface area contributed by atoms with Crippen molar-refractivity contribution < 1.29 is 4.39 Å². The van der Waals surface area contributed by atoms with Gasteiger partial charge in [0.2, 0.25) is 0 Å². The SMILES string of the molecule is C=C1CN(C)CCN1C1CCN(c2c(N)cncc2F)CC1. The molecule has 0 aliphatic carbocycles. The Balaban J connectivity index is 1.64. The Bertz CT molecular complexity index is 533. The van der Waals surface area contributed by atoms with Crippen molar-refractivity contribution in [2.75, 3.05) is 50.4 Å². The molecule has 0 saturated carbocycles. The molecule has 2 aliphatic heterocycles. The van der Waals surface area contributed by atoms with E-state index in [1.807, 2.05) is 4.90 Å². The molecule has 0 bridgehead atoms. The Morgan fingerprint density at radius 1 is 1.23 bits per heavy atom. The maximum absolute atomic E-state index is 14.0. The van der Waals surface area contributed by atoms with Gasteiger partial charge in [0.1, 0.15) is 0 Å². The van der Waals surface area contributed by atoms with Crippen LogP contribution < -0.4 is 10.6 Å². The first kappa shape index (κ1) is 15.1. The third kappa shape index (κ3) is 2.88. The summed E-state index contributed by atoms with van der Waals surface area (Å²) in [5.41, 5.74) is 8.01. The van der Waals surface area contributed by atoms with E-state index < -0.39 is 0 Å². The molecule has 2 saturated heterocycles. The molecule has 22 heavy (non-hydrogen) atoms. The van der Waals surface area contributed by atoms with Crippen LogP contribution in [0.4, 0.5) is 15.8 Å². The van der Waals surface area contributed by atoms with Gasteiger partial charge in [0.25, 0.3) is 0 Å². The summed E-state index contributed by atoms with van der Waals surface area (Å²) in [5, 5.41) is 0. The number of rotatable bonds is 2. The van der Waals surface area contributed by atoms with Crippen LogP contribution in [-0.2, 0) is 0 Å². The van der Waals surface area contributed by atoms with Gasteiger partial charge >= 0.3 is 0 Å². The molecule has 0 amide bonds. The molecule has 0 spiro atoms. The zero-order chi connectivity index (χ0) is 15.7. The molecular weight excluding hydrogens is 281 g/mol. The molecule has 0 atom stereocenters. The van der Waals surface area contributed by atoms with Gasteiger partial charge < -0.3 is 15.5 Å². The van der Waals surface area contributed by atoms with Crippen LogP contribution in [0.1, 0.15) is 12.8 Å². The molecule has 5 nitrogen and oxygen atoms in total. The molecule has 1 aromatic rings. The molecule has 3 heterocycles. The van der Waals surface area contributed by atoms with E-state index in [1.165, 1.54) is 18.1 Å². The number of piperazine rings is 1. The van der Waals surface area contributed by atoms with Gasteiger partial charge in [-0.25, -0.2) is 4.39 Å². The summed E-state index contributed by atoms with van der Waals surface area (Å²) in [6, 6.07) is 0.503. The van der Waals surface area contributed by atoms with Crippen LogP contribution in [-0.4, -0.2) is 60.6 Å². The first-order valence-electron chi connectivity index (χ1n) is 7.83. The van der Waals surface area contributed by atoms with Crippen LogP contribution in [0, 0.1) is 5.82 Å². The average Bonchev–Trinajstić information content (AvgIpc) is 2.48. The molecule has 2 N–H and O–H groups in total. The van der Waals surface area contributed by atoms with E-state index in [1.54, 1.807) is 0 Å². The van der Waals surface area contributed by atoms with Gasteiger partial charge in [-0.2, -0.15) is 0 Å². The van der Waals surface area contributed by atoms with Crippen LogP contribution in [0.5, 0.6) is 0 Å². The Kier molecular flexibility index (Phi) is 4.20. The van der Waals surface area contributed by atoms with Gasteiger partial charge in [0.05, 0.1) is 23.8 Å². The highest BCUT2D eigenvalue weighted by Crippen LogP contribution is 2.30. The number of hydrogen-bond acceptors (Lipinski definition) is 5. The lowest BCUT2D eigenvalue weighted by atomic mass is 10.0. The van der Waals surface area contributed by atoms with Crippen molar-refractivity contribution in [3.05, 3.63) is 30.5 Å². The maximum Gasteiger partial charge on any atom is 0.166 e. The standard InChI is InChI=1S/C16H24FN5/c1-12-11-20(2)7-8-22(12)13-3-5-21(6-4-13)16-14(17)9-19-10-15(16)18/h9-10,13H,1,3-8,11,18H2,2H3. The zero-order valence-corrected chi connectivity index (χ0v) is 13.1. The van der Waals surface area contributed by atoms with Crippen molar-refractivity contribution in [2.24, 2.45) is 0 Å². The predicted octanol–water partition coefficient (Wildman–Crippen LogP) is 1.53. The Morgan fingerprint density at radius 3 is 2.59 bits per heavy atom. The van der Waals surface area contributed by atoms with E-state index in [4.69, 9.17) is 5.73 Å². The predicted molar refractivity (Wildman–Crippen MR) is 87.2 cm³/mol. The zero-order valence-electron chi connectivity index (χ0n) is 13.1. The molecule has 1 aromatic heterocycles. The van der Waals surface area contributed by atoms with Crippen molar-refractivity contribution in [3.63, 3.8) is 0 Å². The number of anilines is 2. The fraction of sp³-hybridized carbons (Fsp3) is 0.562. The van der Waals surface area contributed by atoms with E-state index in [0.717, 1.165) is 45.6 Å². The summed E-state index contributed by atoms with van der Waals surface area (Å²) < 4.78 is 14.0. The number of nitrogens with zero attached hydrogens (tertiary/aromatic N) is 4. The van der Waals surface area contributed by atoms with Crippen LogP contribution in [0.25, 0.3) is 0 Å². The molecule has 6 heteroatoms. The minimum Gasteiger partial charge on any atom is -0.396 e. The minimum absolute atomic E-state index is 0.331. The monoisotopic (exact) mass is 305 g/mol. The second-order valence-electron chi connectivity index (χ2n) is 6.27. The number of halogens is 1. The highest BCUT2D eigenvalue weighted by Gasteiger charge is 2.29. The third-order valence-electron chi connectivity index (χ3n) is 4.70. The molecule has 3 rings (SSSR count). The van der Waals surface area contributed by atoms with Gasteiger partial charge in [-0.3, -0.25) is 9.88 Å². The number of nitrogens with two attached hydrogens (primary N) is 1. The highest BCUT2D eigenvalue weighted by molar-refractivity contribution is 5.67. The van der Waals surface area contributed by atoms with Gasteiger partial charge in [-0.15, -0.1) is 0 Å². The lowest BCUT2D eigenvalue weighted by molar-refractivity contribution is 0.143. The number of likely N-dealkylation sites (N-methyl/N-ethyl adjacent to an activating group) is 1. The lowest BCUT2D eigenvalue weighted by Gasteiger charge is -2.45. The lowest BCUT2D eigenvalue weighted by Crippen LogP contribution is -2.51. The summed E-state index contributed by atoms with van der Waals surface area (Å²) in [6.07, 6.45) is 4.76. The van der Waals surface area contributed by atoms with E-state index in [0.29, 0.717) is 17.4 Å². The van der Waals surface area contributed by atoms with E-state index in [-0.39, 0.29) is 5.82 Å². The second-order valence-corrected chi connectivity index (χ2v) is 6.27. The molecule has 0 unspecified atom stereocenters. The topological polar surface area (TPSA) is 48.6 Å². The Hall–Kier alpha value is -1.82. The molecule has 120 valence electrons. The Labute approximate surface area is 131 Å². The highest BCUT2D eigenvalue weighted by atomic mass is 19.1. The summed E-state index contributed by atoms with van der Waals surface area (Å²) in [7, 11) is 2.13. The van der Waals surface area contributed by atoms with Crippen molar-refractivity contribution in [2.45, 2.75) is 18.9 Å². The molecule has 0 radical (unpaired) electrons. The number of nitrogen functional groups attached to an aromatic ring is 1. The van der Waals surface area contributed by atoms with E-state index in [9.17, 15) is 4.39 Å². The van der Waals surface area contributed by atoms with Gasteiger partial charge in [0, 0.05) is 44.5 Å². The third-order valence-corrected chi connectivity index (χ3v) is 4.70. The molecule has 0 aromatic carbocycles. The van der Waals surface area contributed by atoms with Gasteiger partial charge in [-0.05, 0) is 19.9 Å². The summed E-state index contributed by atoms with van der Waals surface area (Å²) in [6.45, 7) is 8.88. The fourth-order valence-electron chi connectivity index (χ4n) is 3.54. The number of aromatic nitrogens is 1. The number of pyridine rings is 1. The molecular formula is C16H24FN5. The largest absolute Gasteiger partial charge is 0.396 e. The smallest absolute Gasteiger partial charge is 0.166 e. The summed E-state index contributed by atoms with van der Waals surface area (Å²) in [4.78, 5) is 10.6. The van der Waals surface area contributed by atoms with E-state index >= 15 is 0 Å². The molecule has 2 aliphatic rings. The van der Waals surface area contributed by atoms with Gasteiger partial charge in [-0.1, -0.05) is 6.58 Å². The Morgan fingerprint density at radius 2 is 1.95 bits per heavy atom. The normalized spacial score (nSPS) is 21.5. The van der Waals surface area contributed by atoms with Gasteiger partial charge in [0.15, 0.2) is 5.82 Å². The van der Waals surface area contributed by atoms with E-state index in [2.05, 4.69) is 28.4 Å². The fourth-order valence-corrected chi connectivity index (χ4v) is 3.54. The van der Waals surface area contributed by atoms with Crippen LogP contribution >= 0.6 is 0 Å². The van der Waals surface area contributed by atoms with Crippen LogP contribution in [0.15, 0.2) is 24.7 Å². The van der Waals surface area contributed by atoms with Crippen molar-refractivity contribution in [1.82, 2.24) is 14.8 Å². The quantitative estimate of drug-likeness (QED) is 0.898. The van der Waals surface area contributed by atoms with Crippen molar-refractivity contribution >= 4 is 11.4 Å². The maximum atomic E-state index is 14.0. The number of hydrogen-bond donors (Lipinski definition) is 1. The summed E-state index contributed by atoms with van der Waals surface area (Å²) >= 11 is 0. The first-order chi connectivity index (χ1) is 10.6. The van der Waals surface area contributed by atoms with Crippen molar-refractivity contribution in [1.29, 1.82) is 0 Å². The average molecular weight is 305 g/mol.